The van der Waals surface area contributed by atoms with Gasteiger partial charge in [0.05, 0.1) is 22.3 Å². The fraction of sp³-hybridized carbons (Fsp3) is 0.462. The zero-order valence-electron chi connectivity index (χ0n) is 9.85. The van der Waals surface area contributed by atoms with Crippen molar-refractivity contribution >= 4 is 21.6 Å². The smallest absolute Gasteiger partial charge is 0.120 e. The second-order valence-electron chi connectivity index (χ2n) is 4.66. The van der Waals surface area contributed by atoms with Crippen LogP contribution in [-0.2, 0) is 0 Å². The van der Waals surface area contributed by atoms with E-state index in [1.54, 1.807) is 18.4 Å². The van der Waals surface area contributed by atoms with Gasteiger partial charge >= 0.3 is 0 Å². The Bertz CT molecular complexity index is 537. The molecule has 1 aromatic carbocycles. The van der Waals surface area contributed by atoms with E-state index in [0.717, 1.165) is 24.1 Å². The highest BCUT2D eigenvalue weighted by atomic mass is 32.1. The van der Waals surface area contributed by atoms with Crippen LogP contribution in [0.4, 0.5) is 0 Å². The summed E-state index contributed by atoms with van der Waals surface area (Å²) in [5.74, 6) is 1.46. The van der Waals surface area contributed by atoms with Gasteiger partial charge in [-0.25, -0.2) is 4.98 Å². The zero-order chi connectivity index (χ0) is 11.8. The van der Waals surface area contributed by atoms with Crippen molar-refractivity contribution in [2.45, 2.75) is 31.2 Å². The van der Waals surface area contributed by atoms with Crippen LogP contribution in [0, 0.1) is 0 Å². The molecule has 2 atom stereocenters. The van der Waals surface area contributed by atoms with E-state index in [-0.39, 0.29) is 0 Å². The molecule has 1 saturated carbocycles. The maximum atomic E-state index is 5.96. The van der Waals surface area contributed by atoms with Crippen LogP contribution in [0.1, 0.15) is 30.2 Å². The van der Waals surface area contributed by atoms with Crippen molar-refractivity contribution in [1.29, 1.82) is 0 Å². The average Bonchev–Trinajstić information content (AvgIpc) is 2.93. The summed E-state index contributed by atoms with van der Waals surface area (Å²) in [4.78, 5) is 4.71. The second kappa shape index (κ2) is 4.27. The van der Waals surface area contributed by atoms with E-state index in [1.165, 1.54) is 16.1 Å². The number of benzene rings is 1. The standard InChI is InChI=1S/C13H16N2OS/c1-16-10-4-5-11-12(7-10)17-13(15-11)8-2-3-9(14)6-8/h4-5,7-9H,2-3,6,14H2,1H3/t8-,9+/m1/s1. The molecule has 0 unspecified atom stereocenters. The van der Waals surface area contributed by atoms with Crippen molar-refractivity contribution in [3.05, 3.63) is 23.2 Å². The predicted octanol–water partition coefficient (Wildman–Crippen LogP) is 2.90. The molecule has 0 aliphatic heterocycles. The van der Waals surface area contributed by atoms with E-state index in [0.29, 0.717) is 12.0 Å². The van der Waals surface area contributed by atoms with Gasteiger partial charge in [0, 0.05) is 12.0 Å². The number of hydrogen-bond acceptors (Lipinski definition) is 4. The van der Waals surface area contributed by atoms with Crippen LogP contribution in [0.25, 0.3) is 10.2 Å². The Morgan fingerprint density at radius 1 is 1.41 bits per heavy atom. The lowest BCUT2D eigenvalue weighted by molar-refractivity contribution is 0.415. The van der Waals surface area contributed by atoms with Crippen molar-refractivity contribution in [1.82, 2.24) is 4.98 Å². The number of fused-ring (bicyclic) bond motifs is 1. The van der Waals surface area contributed by atoms with E-state index in [9.17, 15) is 0 Å². The summed E-state index contributed by atoms with van der Waals surface area (Å²) < 4.78 is 6.44. The second-order valence-corrected chi connectivity index (χ2v) is 5.72. The summed E-state index contributed by atoms with van der Waals surface area (Å²) in [6.07, 6.45) is 3.39. The van der Waals surface area contributed by atoms with Crippen molar-refractivity contribution < 1.29 is 4.74 Å². The molecule has 1 fully saturated rings. The van der Waals surface area contributed by atoms with Crippen LogP contribution in [0.15, 0.2) is 18.2 Å². The molecule has 1 heterocycles. The number of thiazole rings is 1. The molecule has 4 heteroatoms. The molecule has 2 aromatic rings. The van der Waals surface area contributed by atoms with Crippen LogP contribution in [0.3, 0.4) is 0 Å². The van der Waals surface area contributed by atoms with E-state index >= 15 is 0 Å². The van der Waals surface area contributed by atoms with Crippen LogP contribution < -0.4 is 10.5 Å². The molecular formula is C13H16N2OS. The molecule has 17 heavy (non-hydrogen) atoms. The first-order valence-corrected chi connectivity index (χ1v) is 6.78. The van der Waals surface area contributed by atoms with Crippen LogP contribution in [-0.4, -0.2) is 18.1 Å². The third-order valence-electron chi connectivity index (χ3n) is 3.43. The summed E-state index contributed by atoms with van der Waals surface area (Å²) in [5.41, 5.74) is 7.03. The minimum atomic E-state index is 0.363. The zero-order valence-corrected chi connectivity index (χ0v) is 10.7. The predicted molar refractivity (Wildman–Crippen MR) is 70.7 cm³/mol. The first-order chi connectivity index (χ1) is 8.26. The maximum absolute atomic E-state index is 5.96. The van der Waals surface area contributed by atoms with E-state index in [2.05, 4.69) is 6.07 Å². The normalized spacial score (nSPS) is 24.4. The molecule has 3 nitrogen and oxygen atoms in total. The highest BCUT2D eigenvalue weighted by Crippen LogP contribution is 2.38. The van der Waals surface area contributed by atoms with Gasteiger partial charge in [-0.05, 0) is 37.5 Å². The highest BCUT2D eigenvalue weighted by Gasteiger charge is 2.25. The number of nitrogens with zero attached hydrogens (tertiary/aromatic N) is 1. The molecule has 1 aromatic heterocycles. The summed E-state index contributed by atoms with van der Waals surface area (Å²) in [7, 11) is 1.69. The molecule has 0 bridgehead atoms. The number of ether oxygens (including phenoxy) is 1. The minimum Gasteiger partial charge on any atom is -0.497 e. The first kappa shape index (κ1) is 11.0. The minimum absolute atomic E-state index is 0.363. The fourth-order valence-electron chi connectivity index (χ4n) is 2.47. The van der Waals surface area contributed by atoms with Gasteiger partial charge < -0.3 is 10.5 Å². The lowest BCUT2D eigenvalue weighted by Crippen LogP contribution is -2.14. The monoisotopic (exact) mass is 248 g/mol. The largest absolute Gasteiger partial charge is 0.497 e. The average molecular weight is 248 g/mol. The van der Waals surface area contributed by atoms with Gasteiger partial charge in [0.2, 0.25) is 0 Å². The Balaban J connectivity index is 1.96. The van der Waals surface area contributed by atoms with Gasteiger partial charge in [-0.1, -0.05) is 0 Å². The Morgan fingerprint density at radius 3 is 3.00 bits per heavy atom. The SMILES string of the molecule is COc1ccc2nc([C@@H]3CC[C@H](N)C3)sc2c1. The van der Waals surface area contributed by atoms with Gasteiger partial charge in [-0.15, -0.1) is 11.3 Å². The number of methoxy groups -OCH3 is 1. The Labute approximate surface area is 105 Å². The third kappa shape index (κ3) is 2.03. The van der Waals surface area contributed by atoms with Crippen molar-refractivity contribution in [2.24, 2.45) is 5.73 Å². The quantitative estimate of drug-likeness (QED) is 0.889. The van der Waals surface area contributed by atoms with Crippen LogP contribution >= 0.6 is 11.3 Å². The van der Waals surface area contributed by atoms with Crippen molar-refractivity contribution in [3.63, 3.8) is 0 Å². The molecule has 90 valence electrons. The Kier molecular flexibility index (Phi) is 2.76. The Morgan fingerprint density at radius 2 is 2.29 bits per heavy atom. The number of nitrogens with two attached hydrogens (primary N) is 1. The molecule has 0 amide bonds. The van der Waals surface area contributed by atoms with Crippen LogP contribution in [0.5, 0.6) is 5.75 Å². The number of rotatable bonds is 2. The van der Waals surface area contributed by atoms with Crippen molar-refractivity contribution in [3.8, 4) is 5.75 Å². The summed E-state index contributed by atoms with van der Waals surface area (Å²) in [6, 6.07) is 6.42. The summed E-state index contributed by atoms with van der Waals surface area (Å²) in [5, 5.41) is 1.24. The molecule has 0 spiro atoms. The van der Waals surface area contributed by atoms with E-state index in [1.807, 2.05) is 12.1 Å². The molecule has 3 rings (SSSR count). The van der Waals surface area contributed by atoms with Gasteiger partial charge in [0.1, 0.15) is 5.75 Å². The molecule has 0 saturated heterocycles. The van der Waals surface area contributed by atoms with Crippen LogP contribution in [0.2, 0.25) is 0 Å². The van der Waals surface area contributed by atoms with Crippen molar-refractivity contribution in [2.75, 3.05) is 7.11 Å². The maximum Gasteiger partial charge on any atom is 0.120 e. The number of aromatic nitrogens is 1. The molecule has 1 aliphatic rings. The topological polar surface area (TPSA) is 48.1 Å². The van der Waals surface area contributed by atoms with Gasteiger partial charge in [-0.3, -0.25) is 0 Å². The highest BCUT2D eigenvalue weighted by molar-refractivity contribution is 7.18. The first-order valence-electron chi connectivity index (χ1n) is 5.96. The summed E-state index contributed by atoms with van der Waals surface area (Å²) >= 11 is 1.78. The van der Waals surface area contributed by atoms with E-state index < -0.39 is 0 Å². The molecule has 0 radical (unpaired) electrons. The summed E-state index contributed by atoms with van der Waals surface area (Å²) in [6.45, 7) is 0. The fourth-order valence-corrected chi connectivity index (χ4v) is 3.61. The molecule has 2 N–H and O–H groups in total. The third-order valence-corrected chi connectivity index (χ3v) is 4.62. The molecular weight excluding hydrogens is 232 g/mol. The Hall–Kier alpha value is -1.13. The lowest BCUT2D eigenvalue weighted by atomic mass is 10.1. The van der Waals surface area contributed by atoms with E-state index in [4.69, 9.17) is 15.5 Å². The lowest BCUT2D eigenvalue weighted by Gasteiger charge is -2.03. The number of hydrogen-bond donors (Lipinski definition) is 1. The van der Waals surface area contributed by atoms with Gasteiger partial charge in [-0.2, -0.15) is 0 Å². The van der Waals surface area contributed by atoms with Gasteiger partial charge in [0.15, 0.2) is 0 Å². The molecule has 1 aliphatic carbocycles. The van der Waals surface area contributed by atoms with Gasteiger partial charge in [0.25, 0.3) is 0 Å².